The minimum atomic E-state index is -0.424. The van der Waals surface area contributed by atoms with Gasteiger partial charge >= 0.3 is 0 Å². The molecule has 0 bridgehead atoms. The molecule has 1 heterocycles. The number of hydrogen-bond acceptors (Lipinski definition) is 6. The molecule has 1 aromatic carbocycles. The van der Waals surface area contributed by atoms with Crippen LogP contribution in [0.3, 0.4) is 0 Å². The second-order valence-electron chi connectivity index (χ2n) is 3.98. The second kappa shape index (κ2) is 5.89. The Hall–Kier alpha value is -2.51. The first-order valence-electron chi connectivity index (χ1n) is 5.94. The lowest BCUT2D eigenvalue weighted by atomic mass is 10.3. The molecule has 0 fully saturated rings. The summed E-state index contributed by atoms with van der Waals surface area (Å²) in [7, 11) is 0. The van der Waals surface area contributed by atoms with Gasteiger partial charge < -0.3 is 5.32 Å². The molecule has 0 aliphatic heterocycles. The van der Waals surface area contributed by atoms with E-state index >= 15 is 0 Å². The highest BCUT2D eigenvalue weighted by Gasteiger charge is 2.07. The van der Waals surface area contributed by atoms with Crippen LogP contribution in [0.15, 0.2) is 24.3 Å². The summed E-state index contributed by atoms with van der Waals surface area (Å²) in [5.41, 5.74) is 0.721. The standard InChI is InChI=1S/C11H14N6O2/c1-2-6-16-11(13-14-15-16)8-12-9-4-3-5-10(7-9)17(18)19/h3-5,7,12H,2,6,8H2,1H3. The van der Waals surface area contributed by atoms with Crippen LogP contribution in [-0.2, 0) is 13.1 Å². The number of nitro benzene ring substituents is 1. The Balaban J connectivity index is 2.04. The number of nitrogens with one attached hydrogen (secondary N) is 1. The molecule has 0 atom stereocenters. The van der Waals surface area contributed by atoms with Gasteiger partial charge in [-0.25, -0.2) is 4.68 Å². The summed E-state index contributed by atoms with van der Waals surface area (Å²) < 4.78 is 1.71. The van der Waals surface area contributed by atoms with Crippen molar-refractivity contribution in [1.82, 2.24) is 20.2 Å². The van der Waals surface area contributed by atoms with E-state index in [0.29, 0.717) is 18.1 Å². The maximum atomic E-state index is 10.7. The van der Waals surface area contributed by atoms with Crippen LogP contribution in [0, 0.1) is 10.1 Å². The van der Waals surface area contributed by atoms with Crippen molar-refractivity contribution in [2.45, 2.75) is 26.4 Å². The van der Waals surface area contributed by atoms with Gasteiger partial charge in [0.1, 0.15) is 0 Å². The van der Waals surface area contributed by atoms with Gasteiger partial charge in [0.15, 0.2) is 5.82 Å². The Morgan fingerprint density at radius 3 is 3.05 bits per heavy atom. The van der Waals surface area contributed by atoms with Crippen LogP contribution < -0.4 is 5.32 Å². The Morgan fingerprint density at radius 1 is 1.47 bits per heavy atom. The molecule has 0 aliphatic rings. The van der Waals surface area contributed by atoms with Gasteiger partial charge in [0, 0.05) is 24.4 Å². The predicted octanol–water partition coefficient (Wildman–Crippen LogP) is 1.60. The lowest BCUT2D eigenvalue weighted by molar-refractivity contribution is -0.384. The van der Waals surface area contributed by atoms with Crippen molar-refractivity contribution in [3.8, 4) is 0 Å². The molecule has 0 aliphatic carbocycles. The fourth-order valence-corrected chi connectivity index (χ4v) is 1.65. The molecule has 0 radical (unpaired) electrons. The van der Waals surface area contributed by atoms with Crippen molar-refractivity contribution >= 4 is 11.4 Å². The van der Waals surface area contributed by atoms with E-state index in [1.807, 2.05) is 6.92 Å². The Morgan fingerprint density at radius 2 is 2.32 bits per heavy atom. The topological polar surface area (TPSA) is 98.8 Å². The first kappa shape index (κ1) is 12.9. The Kier molecular flexibility index (Phi) is 4.01. The number of hydrogen-bond donors (Lipinski definition) is 1. The SMILES string of the molecule is CCCn1nnnc1CNc1cccc([N+](=O)[O-])c1. The van der Waals surface area contributed by atoms with Gasteiger partial charge in [0.25, 0.3) is 5.69 Å². The summed E-state index contributed by atoms with van der Waals surface area (Å²) in [6.45, 7) is 3.21. The normalized spacial score (nSPS) is 10.4. The summed E-state index contributed by atoms with van der Waals surface area (Å²) in [6, 6.07) is 6.33. The van der Waals surface area contributed by atoms with Gasteiger partial charge in [-0.05, 0) is 22.9 Å². The minimum Gasteiger partial charge on any atom is -0.377 e. The minimum absolute atomic E-state index is 0.0538. The van der Waals surface area contributed by atoms with Crippen molar-refractivity contribution < 1.29 is 4.92 Å². The molecule has 8 heteroatoms. The number of aryl methyl sites for hydroxylation is 1. The summed E-state index contributed by atoms with van der Waals surface area (Å²) in [5, 5.41) is 25.1. The van der Waals surface area contributed by atoms with Gasteiger partial charge in [-0.1, -0.05) is 13.0 Å². The zero-order valence-electron chi connectivity index (χ0n) is 10.5. The van der Waals surface area contributed by atoms with Crippen LogP contribution in [0.5, 0.6) is 0 Å². The lowest BCUT2D eigenvalue weighted by Gasteiger charge is -2.06. The molecule has 0 amide bonds. The lowest BCUT2D eigenvalue weighted by Crippen LogP contribution is -2.10. The largest absolute Gasteiger partial charge is 0.377 e. The van der Waals surface area contributed by atoms with Gasteiger partial charge in [-0.15, -0.1) is 5.10 Å². The number of nitro groups is 1. The number of rotatable bonds is 6. The molecule has 1 aromatic heterocycles. The fourth-order valence-electron chi connectivity index (χ4n) is 1.65. The van der Waals surface area contributed by atoms with Gasteiger partial charge in [-0.3, -0.25) is 10.1 Å². The van der Waals surface area contributed by atoms with Crippen molar-refractivity contribution in [2.75, 3.05) is 5.32 Å². The van der Waals surface area contributed by atoms with Crippen LogP contribution in [0.4, 0.5) is 11.4 Å². The van der Waals surface area contributed by atoms with Crippen LogP contribution in [0.2, 0.25) is 0 Å². The third-order valence-electron chi connectivity index (χ3n) is 2.55. The third-order valence-corrected chi connectivity index (χ3v) is 2.55. The first-order valence-corrected chi connectivity index (χ1v) is 5.94. The summed E-state index contributed by atoms with van der Waals surface area (Å²) >= 11 is 0. The van der Waals surface area contributed by atoms with Gasteiger partial charge in [-0.2, -0.15) is 0 Å². The number of anilines is 1. The number of aromatic nitrogens is 4. The van der Waals surface area contributed by atoms with Crippen LogP contribution in [0.1, 0.15) is 19.2 Å². The van der Waals surface area contributed by atoms with Crippen LogP contribution >= 0.6 is 0 Å². The van der Waals surface area contributed by atoms with Gasteiger partial charge in [0.2, 0.25) is 0 Å². The molecule has 0 unspecified atom stereocenters. The molecule has 19 heavy (non-hydrogen) atoms. The van der Waals surface area contributed by atoms with Gasteiger partial charge in [0.05, 0.1) is 11.5 Å². The van der Waals surface area contributed by atoms with E-state index in [1.165, 1.54) is 12.1 Å². The van der Waals surface area contributed by atoms with Crippen LogP contribution in [0.25, 0.3) is 0 Å². The van der Waals surface area contributed by atoms with E-state index in [2.05, 4.69) is 20.8 Å². The Bertz CT molecular complexity index is 568. The predicted molar refractivity (Wildman–Crippen MR) is 68.5 cm³/mol. The number of tetrazole rings is 1. The maximum absolute atomic E-state index is 10.7. The molecule has 1 N–H and O–H groups in total. The summed E-state index contributed by atoms with van der Waals surface area (Å²) in [6.07, 6.45) is 0.939. The molecular formula is C11H14N6O2. The molecule has 2 aromatic rings. The zero-order valence-corrected chi connectivity index (χ0v) is 10.5. The molecular weight excluding hydrogens is 248 g/mol. The quantitative estimate of drug-likeness (QED) is 0.627. The number of nitrogens with zero attached hydrogens (tertiary/aromatic N) is 5. The second-order valence-corrected chi connectivity index (χ2v) is 3.98. The highest BCUT2D eigenvalue weighted by Crippen LogP contribution is 2.17. The average Bonchev–Trinajstić information content (AvgIpc) is 2.85. The van der Waals surface area contributed by atoms with E-state index < -0.39 is 4.92 Å². The van der Waals surface area contributed by atoms with E-state index in [9.17, 15) is 10.1 Å². The van der Waals surface area contributed by atoms with E-state index in [0.717, 1.165) is 13.0 Å². The van der Waals surface area contributed by atoms with E-state index in [1.54, 1.807) is 16.8 Å². The summed E-state index contributed by atoms with van der Waals surface area (Å²) in [4.78, 5) is 10.2. The highest BCUT2D eigenvalue weighted by atomic mass is 16.6. The smallest absolute Gasteiger partial charge is 0.271 e. The fraction of sp³-hybridized carbons (Fsp3) is 0.364. The highest BCUT2D eigenvalue weighted by molar-refractivity contribution is 5.50. The third kappa shape index (κ3) is 3.24. The maximum Gasteiger partial charge on any atom is 0.271 e. The van der Waals surface area contributed by atoms with E-state index in [-0.39, 0.29) is 5.69 Å². The molecule has 0 spiro atoms. The zero-order chi connectivity index (χ0) is 13.7. The molecule has 8 nitrogen and oxygen atoms in total. The van der Waals surface area contributed by atoms with E-state index in [4.69, 9.17) is 0 Å². The Labute approximate surface area is 109 Å². The average molecular weight is 262 g/mol. The molecule has 100 valence electrons. The molecule has 0 saturated carbocycles. The number of non-ortho nitro benzene ring substituents is 1. The van der Waals surface area contributed by atoms with Crippen molar-refractivity contribution in [2.24, 2.45) is 0 Å². The monoisotopic (exact) mass is 262 g/mol. The molecule has 2 rings (SSSR count). The molecule has 0 saturated heterocycles. The van der Waals surface area contributed by atoms with Crippen LogP contribution in [-0.4, -0.2) is 25.1 Å². The summed E-state index contributed by atoms with van der Waals surface area (Å²) in [5.74, 6) is 0.702. The van der Waals surface area contributed by atoms with Crippen molar-refractivity contribution in [3.63, 3.8) is 0 Å². The number of benzene rings is 1. The van der Waals surface area contributed by atoms with Crippen molar-refractivity contribution in [1.29, 1.82) is 0 Å². The van der Waals surface area contributed by atoms with Crippen molar-refractivity contribution in [3.05, 3.63) is 40.2 Å². The first-order chi connectivity index (χ1) is 9.20.